The van der Waals surface area contributed by atoms with Gasteiger partial charge in [0.15, 0.2) is 0 Å². The Morgan fingerprint density at radius 3 is 2.68 bits per heavy atom. The third-order valence-corrected chi connectivity index (χ3v) is 2.94. The largest absolute Gasteiger partial charge is 0.480 e. The molecule has 0 aliphatic rings. The number of ether oxygens (including phenoxy) is 1. The summed E-state index contributed by atoms with van der Waals surface area (Å²) in [6.45, 7) is 0. The van der Waals surface area contributed by atoms with Crippen LogP contribution in [0, 0.1) is 0 Å². The summed E-state index contributed by atoms with van der Waals surface area (Å²) < 4.78 is 10.7. The van der Waals surface area contributed by atoms with E-state index in [0.29, 0.717) is 17.3 Å². The number of hydrogen-bond acceptors (Lipinski definition) is 5. The van der Waals surface area contributed by atoms with Crippen molar-refractivity contribution in [1.82, 2.24) is 10.2 Å². The Morgan fingerprint density at radius 2 is 2.00 bits per heavy atom. The Bertz CT molecular complexity index is 658. The molecule has 0 saturated heterocycles. The number of rotatable bonds is 3. The van der Waals surface area contributed by atoms with E-state index in [-0.39, 0.29) is 0 Å². The molecule has 19 heavy (non-hydrogen) atoms. The van der Waals surface area contributed by atoms with E-state index in [1.807, 2.05) is 30.3 Å². The maximum atomic E-state index is 6.13. The number of methoxy groups -OCH3 is 1. The summed E-state index contributed by atoms with van der Waals surface area (Å²) in [5.74, 6) is 1.13. The summed E-state index contributed by atoms with van der Waals surface area (Å²) >= 11 is 0. The van der Waals surface area contributed by atoms with Gasteiger partial charge in [-0.15, -0.1) is 10.2 Å². The van der Waals surface area contributed by atoms with E-state index in [2.05, 4.69) is 10.2 Å². The normalized spacial score (nSPS) is 12.5. The van der Waals surface area contributed by atoms with Crippen molar-refractivity contribution in [1.29, 1.82) is 0 Å². The van der Waals surface area contributed by atoms with Crippen molar-refractivity contribution in [3.8, 4) is 5.88 Å². The first-order valence-electron chi connectivity index (χ1n) is 5.89. The second-order valence-corrected chi connectivity index (χ2v) is 4.16. The number of nitrogens with zero attached hydrogens (tertiary/aromatic N) is 2. The number of benzene rings is 1. The Hall–Kier alpha value is -2.40. The minimum Gasteiger partial charge on any atom is -0.480 e. The van der Waals surface area contributed by atoms with Gasteiger partial charge in [0, 0.05) is 11.5 Å². The maximum absolute atomic E-state index is 6.13. The van der Waals surface area contributed by atoms with Crippen LogP contribution < -0.4 is 10.5 Å². The highest BCUT2D eigenvalue weighted by Gasteiger charge is 2.16. The molecule has 3 rings (SSSR count). The maximum Gasteiger partial charge on any atom is 0.233 e. The minimum atomic E-state index is -0.439. The molecule has 2 heterocycles. The van der Waals surface area contributed by atoms with E-state index in [0.717, 1.165) is 11.0 Å². The summed E-state index contributed by atoms with van der Waals surface area (Å²) in [4.78, 5) is 0. The van der Waals surface area contributed by atoms with Gasteiger partial charge < -0.3 is 14.9 Å². The lowest BCUT2D eigenvalue weighted by Gasteiger charge is -2.07. The van der Waals surface area contributed by atoms with Crippen molar-refractivity contribution in [3.63, 3.8) is 0 Å². The Balaban J connectivity index is 1.95. The number of nitrogens with two attached hydrogens (primary N) is 1. The monoisotopic (exact) mass is 255 g/mol. The lowest BCUT2D eigenvalue weighted by Crippen LogP contribution is -2.13. The van der Waals surface area contributed by atoms with E-state index in [9.17, 15) is 0 Å². The van der Waals surface area contributed by atoms with Gasteiger partial charge in [-0.05, 0) is 18.2 Å². The lowest BCUT2D eigenvalue weighted by molar-refractivity contribution is 0.390. The summed E-state index contributed by atoms with van der Waals surface area (Å²) in [6, 6.07) is 12.8. The first-order valence-corrected chi connectivity index (χ1v) is 5.89. The molecule has 0 aliphatic carbocycles. The van der Waals surface area contributed by atoms with E-state index in [4.69, 9.17) is 14.9 Å². The van der Waals surface area contributed by atoms with Gasteiger partial charge in [-0.25, -0.2) is 0 Å². The van der Waals surface area contributed by atoms with Gasteiger partial charge in [0.1, 0.15) is 17.4 Å². The highest BCUT2D eigenvalue weighted by Crippen LogP contribution is 2.25. The molecular weight excluding hydrogens is 242 g/mol. The number of hydrogen-bond donors (Lipinski definition) is 1. The second-order valence-electron chi connectivity index (χ2n) is 4.16. The van der Waals surface area contributed by atoms with Crippen LogP contribution in [0.5, 0.6) is 5.88 Å². The molecule has 0 fully saturated rings. The molecule has 1 unspecified atom stereocenters. The van der Waals surface area contributed by atoms with Crippen LogP contribution in [-0.2, 0) is 0 Å². The minimum absolute atomic E-state index is 0.439. The third-order valence-electron chi connectivity index (χ3n) is 2.94. The van der Waals surface area contributed by atoms with Gasteiger partial charge in [0.05, 0.1) is 12.8 Å². The zero-order chi connectivity index (χ0) is 13.2. The summed E-state index contributed by atoms with van der Waals surface area (Å²) in [5.41, 5.74) is 7.59. The summed E-state index contributed by atoms with van der Waals surface area (Å²) in [5, 5.41) is 8.96. The van der Waals surface area contributed by atoms with Crippen LogP contribution >= 0.6 is 0 Å². The molecule has 2 aromatic heterocycles. The Kier molecular flexibility index (Phi) is 2.89. The van der Waals surface area contributed by atoms with Crippen molar-refractivity contribution >= 4 is 11.0 Å². The van der Waals surface area contributed by atoms with Crippen LogP contribution in [0.15, 0.2) is 46.9 Å². The molecule has 3 aromatic rings. The van der Waals surface area contributed by atoms with Crippen LogP contribution in [0.3, 0.4) is 0 Å². The molecule has 0 aliphatic heterocycles. The molecule has 0 saturated carbocycles. The number of fused-ring (bicyclic) bond motifs is 1. The topological polar surface area (TPSA) is 74.2 Å². The molecule has 1 aromatic carbocycles. The first kappa shape index (κ1) is 11.7. The highest BCUT2D eigenvalue weighted by atomic mass is 16.5. The SMILES string of the molecule is COc1ccc(C(N)c2cc3ccccc3o2)nn1. The van der Waals surface area contributed by atoms with Gasteiger partial charge in [-0.3, -0.25) is 0 Å². The molecule has 1 atom stereocenters. The van der Waals surface area contributed by atoms with Crippen LogP contribution in [0.2, 0.25) is 0 Å². The highest BCUT2D eigenvalue weighted by molar-refractivity contribution is 5.77. The van der Waals surface area contributed by atoms with Gasteiger partial charge in [-0.2, -0.15) is 0 Å². The number of furan rings is 1. The standard InChI is InChI=1S/C14H13N3O2/c1-18-13-7-6-10(16-17-13)14(15)12-8-9-4-2-3-5-11(9)19-12/h2-8,14H,15H2,1H3. The molecule has 5 nitrogen and oxygen atoms in total. The zero-order valence-electron chi connectivity index (χ0n) is 10.4. The van der Waals surface area contributed by atoms with Crippen molar-refractivity contribution in [2.45, 2.75) is 6.04 Å². The van der Waals surface area contributed by atoms with Gasteiger partial charge >= 0.3 is 0 Å². The van der Waals surface area contributed by atoms with Crippen molar-refractivity contribution in [2.75, 3.05) is 7.11 Å². The number of aromatic nitrogens is 2. The Morgan fingerprint density at radius 1 is 1.16 bits per heavy atom. The lowest BCUT2D eigenvalue weighted by atomic mass is 10.1. The van der Waals surface area contributed by atoms with Crippen LogP contribution in [0.1, 0.15) is 17.5 Å². The van der Waals surface area contributed by atoms with Crippen molar-refractivity contribution < 1.29 is 9.15 Å². The van der Waals surface area contributed by atoms with Gasteiger partial charge in [0.25, 0.3) is 0 Å². The predicted molar refractivity (Wildman–Crippen MR) is 70.8 cm³/mol. The van der Waals surface area contributed by atoms with Crippen LogP contribution in [-0.4, -0.2) is 17.3 Å². The summed E-state index contributed by atoms with van der Waals surface area (Å²) in [6.07, 6.45) is 0. The number of para-hydroxylation sites is 1. The fourth-order valence-corrected chi connectivity index (χ4v) is 1.91. The van der Waals surface area contributed by atoms with Crippen LogP contribution in [0.25, 0.3) is 11.0 Å². The molecule has 5 heteroatoms. The second kappa shape index (κ2) is 4.70. The van der Waals surface area contributed by atoms with E-state index in [1.165, 1.54) is 0 Å². The third kappa shape index (κ3) is 2.15. The summed E-state index contributed by atoms with van der Waals surface area (Å²) in [7, 11) is 1.54. The molecule has 2 N–H and O–H groups in total. The van der Waals surface area contributed by atoms with E-state index in [1.54, 1.807) is 19.2 Å². The van der Waals surface area contributed by atoms with E-state index >= 15 is 0 Å². The average Bonchev–Trinajstić information content (AvgIpc) is 2.90. The fourth-order valence-electron chi connectivity index (χ4n) is 1.91. The predicted octanol–water partition coefficient (Wildman–Crippen LogP) is 2.28. The molecule has 0 amide bonds. The quantitative estimate of drug-likeness (QED) is 0.777. The zero-order valence-corrected chi connectivity index (χ0v) is 10.4. The molecule has 96 valence electrons. The first-order chi connectivity index (χ1) is 9.28. The average molecular weight is 255 g/mol. The van der Waals surface area contributed by atoms with E-state index < -0.39 is 6.04 Å². The molecule has 0 bridgehead atoms. The van der Waals surface area contributed by atoms with Gasteiger partial charge in [-0.1, -0.05) is 18.2 Å². The molecule has 0 radical (unpaired) electrons. The molecular formula is C14H13N3O2. The smallest absolute Gasteiger partial charge is 0.233 e. The van der Waals surface area contributed by atoms with Crippen molar-refractivity contribution in [3.05, 3.63) is 53.9 Å². The van der Waals surface area contributed by atoms with Gasteiger partial charge in [0.2, 0.25) is 5.88 Å². The molecule has 0 spiro atoms. The fraction of sp³-hybridized carbons (Fsp3) is 0.143. The van der Waals surface area contributed by atoms with Crippen LogP contribution in [0.4, 0.5) is 0 Å². The Labute approximate surface area is 110 Å². The van der Waals surface area contributed by atoms with Crippen molar-refractivity contribution in [2.24, 2.45) is 5.73 Å².